The average molecular weight is 280 g/mol. The molecule has 0 saturated heterocycles. The molecule has 6 nitrogen and oxygen atoms in total. The second-order valence-electron chi connectivity index (χ2n) is 5.70. The van der Waals surface area contributed by atoms with E-state index in [0.717, 1.165) is 6.42 Å². The van der Waals surface area contributed by atoms with Gasteiger partial charge in [0.2, 0.25) is 11.8 Å². The summed E-state index contributed by atoms with van der Waals surface area (Å²) in [6.45, 7) is 10.3. The first kappa shape index (κ1) is 16.2. The predicted octanol–water partition coefficient (Wildman–Crippen LogP) is 1.98. The van der Waals surface area contributed by atoms with Crippen LogP contribution in [-0.2, 0) is 4.79 Å². The molecular formula is C14H24N4O2. The zero-order valence-corrected chi connectivity index (χ0v) is 12.9. The zero-order chi connectivity index (χ0) is 15.2. The van der Waals surface area contributed by atoms with Crippen molar-refractivity contribution in [1.82, 2.24) is 15.3 Å². The fraction of sp³-hybridized carbons (Fsp3) is 0.643. The maximum Gasteiger partial charge on any atom is 0.242 e. The summed E-state index contributed by atoms with van der Waals surface area (Å²) in [5.74, 6) is 1.00. The summed E-state index contributed by atoms with van der Waals surface area (Å²) in [6, 6.07) is 1.31. The van der Waals surface area contributed by atoms with E-state index in [-0.39, 0.29) is 17.5 Å². The van der Waals surface area contributed by atoms with Crippen LogP contribution in [-0.4, -0.2) is 34.1 Å². The molecule has 0 aliphatic heterocycles. The highest BCUT2D eigenvalue weighted by Gasteiger charge is 2.19. The molecule has 1 amide bonds. The standard InChI is InChI=1S/C14H24N4O2/c1-6-7-20-12-8-11(15-9-16-12)17-10(2)13(19)18-14(3,4)5/h8-10H,6-7H2,1-5H3,(H,18,19)(H,15,16,17). The van der Waals surface area contributed by atoms with Crippen LogP contribution in [0.2, 0.25) is 0 Å². The summed E-state index contributed by atoms with van der Waals surface area (Å²) in [5.41, 5.74) is -0.256. The molecule has 0 saturated carbocycles. The molecule has 1 heterocycles. The van der Waals surface area contributed by atoms with Gasteiger partial charge in [-0.15, -0.1) is 0 Å². The number of rotatable bonds is 6. The minimum Gasteiger partial charge on any atom is -0.478 e. The summed E-state index contributed by atoms with van der Waals surface area (Å²) in [4.78, 5) is 20.1. The van der Waals surface area contributed by atoms with Crippen LogP contribution in [0.1, 0.15) is 41.0 Å². The Labute approximate surface area is 120 Å². The lowest BCUT2D eigenvalue weighted by molar-refractivity contribution is -0.122. The Morgan fingerprint density at radius 2 is 2.10 bits per heavy atom. The van der Waals surface area contributed by atoms with Gasteiger partial charge in [0.05, 0.1) is 6.61 Å². The normalized spacial score (nSPS) is 12.7. The molecule has 0 bridgehead atoms. The highest BCUT2D eigenvalue weighted by molar-refractivity contribution is 5.84. The second-order valence-corrected chi connectivity index (χ2v) is 5.70. The molecule has 112 valence electrons. The first-order valence-electron chi connectivity index (χ1n) is 6.85. The van der Waals surface area contributed by atoms with Crippen LogP contribution in [0.3, 0.4) is 0 Å². The summed E-state index contributed by atoms with van der Waals surface area (Å²) in [5, 5.41) is 5.95. The highest BCUT2D eigenvalue weighted by Crippen LogP contribution is 2.12. The fourth-order valence-electron chi connectivity index (χ4n) is 1.47. The van der Waals surface area contributed by atoms with Gasteiger partial charge in [0.25, 0.3) is 0 Å². The number of ether oxygens (including phenoxy) is 1. The van der Waals surface area contributed by atoms with Crippen molar-refractivity contribution >= 4 is 11.7 Å². The molecule has 0 aromatic carbocycles. The van der Waals surface area contributed by atoms with Gasteiger partial charge in [-0.25, -0.2) is 9.97 Å². The van der Waals surface area contributed by atoms with Gasteiger partial charge in [-0.05, 0) is 34.1 Å². The van der Waals surface area contributed by atoms with Gasteiger partial charge in [0, 0.05) is 11.6 Å². The van der Waals surface area contributed by atoms with Crippen LogP contribution in [0.15, 0.2) is 12.4 Å². The van der Waals surface area contributed by atoms with E-state index in [2.05, 4.69) is 20.6 Å². The highest BCUT2D eigenvalue weighted by atomic mass is 16.5. The van der Waals surface area contributed by atoms with Crippen molar-refractivity contribution in [3.05, 3.63) is 12.4 Å². The van der Waals surface area contributed by atoms with Gasteiger partial charge >= 0.3 is 0 Å². The summed E-state index contributed by atoms with van der Waals surface area (Å²) in [7, 11) is 0. The largest absolute Gasteiger partial charge is 0.478 e. The minimum atomic E-state index is -0.386. The molecule has 1 aromatic rings. The molecule has 0 fully saturated rings. The summed E-state index contributed by atoms with van der Waals surface area (Å²) in [6.07, 6.45) is 2.33. The number of hydrogen-bond acceptors (Lipinski definition) is 5. The first-order chi connectivity index (χ1) is 9.31. The molecule has 1 atom stereocenters. The van der Waals surface area contributed by atoms with Crippen LogP contribution >= 0.6 is 0 Å². The maximum atomic E-state index is 12.0. The van der Waals surface area contributed by atoms with Crippen LogP contribution < -0.4 is 15.4 Å². The molecule has 6 heteroatoms. The van der Waals surface area contributed by atoms with Crippen LogP contribution in [0.4, 0.5) is 5.82 Å². The molecule has 20 heavy (non-hydrogen) atoms. The number of nitrogens with zero attached hydrogens (tertiary/aromatic N) is 2. The number of nitrogens with one attached hydrogen (secondary N) is 2. The number of aromatic nitrogens is 2. The molecule has 1 rings (SSSR count). The lowest BCUT2D eigenvalue weighted by Gasteiger charge is -2.23. The Bertz CT molecular complexity index is 443. The third kappa shape index (κ3) is 5.86. The number of anilines is 1. The molecule has 0 spiro atoms. The van der Waals surface area contributed by atoms with Crippen molar-refractivity contribution in [3.8, 4) is 5.88 Å². The lowest BCUT2D eigenvalue weighted by atomic mass is 10.1. The zero-order valence-electron chi connectivity index (χ0n) is 12.9. The van der Waals surface area contributed by atoms with E-state index < -0.39 is 0 Å². The minimum absolute atomic E-state index is 0.0767. The Balaban J connectivity index is 2.61. The van der Waals surface area contributed by atoms with Gasteiger partial charge in [-0.2, -0.15) is 0 Å². The molecule has 0 aliphatic carbocycles. The van der Waals surface area contributed by atoms with Gasteiger partial charge in [-0.1, -0.05) is 6.92 Å². The van der Waals surface area contributed by atoms with E-state index in [1.165, 1.54) is 6.33 Å². The monoisotopic (exact) mass is 280 g/mol. The topological polar surface area (TPSA) is 76.1 Å². The molecule has 0 aliphatic rings. The average Bonchev–Trinajstić information content (AvgIpc) is 2.34. The van der Waals surface area contributed by atoms with E-state index in [1.807, 2.05) is 27.7 Å². The Morgan fingerprint density at radius 1 is 1.40 bits per heavy atom. The SMILES string of the molecule is CCCOc1cc(NC(C)C(=O)NC(C)(C)C)ncn1. The van der Waals surface area contributed by atoms with Crippen molar-refractivity contribution < 1.29 is 9.53 Å². The van der Waals surface area contributed by atoms with Crippen LogP contribution in [0.5, 0.6) is 5.88 Å². The Hall–Kier alpha value is -1.85. The van der Waals surface area contributed by atoms with E-state index >= 15 is 0 Å². The Morgan fingerprint density at radius 3 is 2.70 bits per heavy atom. The summed E-state index contributed by atoms with van der Waals surface area (Å²) >= 11 is 0. The third-order valence-electron chi connectivity index (χ3n) is 2.35. The number of carbonyl (C=O) groups excluding carboxylic acids is 1. The number of carbonyl (C=O) groups is 1. The Kier molecular flexibility index (Phi) is 5.73. The van der Waals surface area contributed by atoms with Crippen molar-refractivity contribution in [2.45, 2.75) is 52.6 Å². The fourth-order valence-corrected chi connectivity index (χ4v) is 1.47. The predicted molar refractivity (Wildman–Crippen MR) is 78.8 cm³/mol. The lowest BCUT2D eigenvalue weighted by Crippen LogP contribution is -2.47. The van der Waals surface area contributed by atoms with Crippen molar-refractivity contribution in [2.24, 2.45) is 0 Å². The van der Waals surface area contributed by atoms with Crippen LogP contribution in [0, 0.1) is 0 Å². The van der Waals surface area contributed by atoms with Crippen molar-refractivity contribution in [2.75, 3.05) is 11.9 Å². The second kappa shape index (κ2) is 7.07. The maximum absolute atomic E-state index is 12.0. The van der Waals surface area contributed by atoms with E-state index in [9.17, 15) is 4.79 Å². The van der Waals surface area contributed by atoms with E-state index in [0.29, 0.717) is 18.3 Å². The van der Waals surface area contributed by atoms with E-state index in [1.54, 1.807) is 13.0 Å². The number of hydrogen-bond donors (Lipinski definition) is 2. The van der Waals surface area contributed by atoms with Gasteiger partial charge < -0.3 is 15.4 Å². The van der Waals surface area contributed by atoms with Crippen molar-refractivity contribution in [1.29, 1.82) is 0 Å². The van der Waals surface area contributed by atoms with Gasteiger partial charge in [0.15, 0.2) is 0 Å². The third-order valence-corrected chi connectivity index (χ3v) is 2.35. The molecule has 2 N–H and O–H groups in total. The quantitative estimate of drug-likeness (QED) is 0.833. The molecule has 1 aromatic heterocycles. The van der Waals surface area contributed by atoms with Gasteiger partial charge in [0.1, 0.15) is 18.2 Å². The molecule has 0 radical (unpaired) electrons. The van der Waals surface area contributed by atoms with Crippen molar-refractivity contribution in [3.63, 3.8) is 0 Å². The van der Waals surface area contributed by atoms with Crippen LogP contribution in [0.25, 0.3) is 0 Å². The number of amides is 1. The summed E-state index contributed by atoms with van der Waals surface area (Å²) < 4.78 is 5.43. The molecule has 1 unspecified atom stereocenters. The first-order valence-corrected chi connectivity index (χ1v) is 6.85. The smallest absolute Gasteiger partial charge is 0.242 e. The molecular weight excluding hydrogens is 256 g/mol. The van der Waals surface area contributed by atoms with E-state index in [4.69, 9.17) is 4.74 Å². The van der Waals surface area contributed by atoms with Gasteiger partial charge in [-0.3, -0.25) is 4.79 Å².